The average Bonchev–Trinajstić information content (AvgIpc) is 2.95. The zero-order valence-electron chi connectivity index (χ0n) is 19.0. The Bertz CT molecular complexity index is 704. The first-order valence-electron chi connectivity index (χ1n) is 12.5. The van der Waals surface area contributed by atoms with Crippen LogP contribution in [0.2, 0.25) is 0 Å². The summed E-state index contributed by atoms with van der Waals surface area (Å²) in [6.45, 7) is 8.96. The van der Waals surface area contributed by atoms with Gasteiger partial charge in [0.05, 0.1) is 11.7 Å². The van der Waals surface area contributed by atoms with Crippen LogP contribution >= 0.6 is 0 Å². The van der Waals surface area contributed by atoms with Gasteiger partial charge < -0.3 is 10.2 Å². The molecule has 164 valence electrons. The third-order valence-electron chi connectivity index (χ3n) is 11.9. The second-order valence-corrected chi connectivity index (χ2v) is 12.4. The molecule has 5 aliphatic rings. The van der Waals surface area contributed by atoms with Gasteiger partial charge in [0.2, 0.25) is 0 Å². The lowest BCUT2D eigenvalue weighted by Gasteiger charge is -2.66. The summed E-state index contributed by atoms with van der Waals surface area (Å²) in [6, 6.07) is 0. The quantitative estimate of drug-likeness (QED) is 0.639. The first kappa shape index (κ1) is 20.5. The third-order valence-corrected chi connectivity index (χ3v) is 11.9. The van der Waals surface area contributed by atoms with Crippen molar-refractivity contribution in [2.24, 2.45) is 45.8 Å². The smallest absolute Gasteiger partial charge is 0.136 e. The molecule has 0 radical (unpaired) electrons. The maximum absolute atomic E-state index is 13.2. The number of carbonyl (C=O) groups excluding carboxylic acids is 1. The maximum atomic E-state index is 13.2. The Labute approximate surface area is 177 Å². The molecule has 0 saturated heterocycles. The Kier molecular flexibility index (Phi) is 4.46. The van der Waals surface area contributed by atoms with Crippen molar-refractivity contribution < 1.29 is 15.0 Å². The largest absolute Gasteiger partial charge is 0.393 e. The Balaban J connectivity index is 1.55. The van der Waals surface area contributed by atoms with Crippen LogP contribution in [0.4, 0.5) is 0 Å². The molecule has 10 atom stereocenters. The van der Waals surface area contributed by atoms with Gasteiger partial charge in [0.1, 0.15) is 5.78 Å². The Hall–Kier alpha value is -0.410. The van der Waals surface area contributed by atoms with Crippen molar-refractivity contribution in [2.45, 2.75) is 110 Å². The molecule has 3 heteroatoms. The van der Waals surface area contributed by atoms with Crippen LogP contribution in [-0.2, 0) is 4.79 Å². The predicted octanol–water partition coefficient (Wildman–Crippen LogP) is 5.13. The van der Waals surface area contributed by atoms with Gasteiger partial charge in [-0.15, -0.1) is 0 Å². The fraction of sp³-hybridized carbons (Fsp3) is 0.962. The Morgan fingerprint density at radius 2 is 1.66 bits per heavy atom. The lowest BCUT2D eigenvalue weighted by Crippen LogP contribution is -2.66. The molecule has 0 heterocycles. The number of aliphatic hydroxyl groups excluding tert-OH is 1. The molecule has 5 aliphatic carbocycles. The minimum atomic E-state index is -0.733. The third kappa shape index (κ3) is 2.30. The molecule has 0 amide bonds. The standard InChI is InChI=1S/C26H42O3/c1-16-13-20-21(24(4)11-8-19(28)15-26(16,24)29)9-12-23(3)22(20)14-18-7-5-6-10-25(18,23)17(2)27/h16,18-22,28-29H,5-15H2,1-4H3/t16-,18-,19-,20+,21-,22-,23-,24-,25-,26+/m1/s1. The van der Waals surface area contributed by atoms with Gasteiger partial charge in [-0.3, -0.25) is 4.79 Å². The molecule has 0 aromatic heterocycles. The van der Waals surface area contributed by atoms with Gasteiger partial charge in [-0.25, -0.2) is 0 Å². The van der Waals surface area contributed by atoms with Crippen LogP contribution in [0.1, 0.15) is 98.3 Å². The van der Waals surface area contributed by atoms with E-state index in [-0.39, 0.29) is 28.3 Å². The van der Waals surface area contributed by atoms with E-state index in [1.54, 1.807) is 0 Å². The highest BCUT2D eigenvalue weighted by molar-refractivity contribution is 5.84. The number of hydrogen-bond donors (Lipinski definition) is 2. The van der Waals surface area contributed by atoms with Crippen molar-refractivity contribution >= 4 is 5.78 Å². The van der Waals surface area contributed by atoms with Gasteiger partial charge >= 0.3 is 0 Å². The topological polar surface area (TPSA) is 57.5 Å². The molecule has 5 saturated carbocycles. The molecule has 0 spiro atoms. The van der Waals surface area contributed by atoms with Crippen LogP contribution in [0.3, 0.4) is 0 Å². The van der Waals surface area contributed by atoms with Gasteiger partial charge in [0.25, 0.3) is 0 Å². The van der Waals surface area contributed by atoms with Crippen LogP contribution in [0, 0.1) is 45.8 Å². The van der Waals surface area contributed by atoms with Crippen LogP contribution in [-0.4, -0.2) is 27.7 Å². The van der Waals surface area contributed by atoms with Crippen molar-refractivity contribution in [1.82, 2.24) is 0 Å². The minimum absolute atomic E-state index is 0.0818. The zero-order chi connectivity index (χ0) is 20.8. The Morgan fingerprint density at radius 3 is 2.38 bits per heavy atom. The van der Waals surface area contributed by atoms with E-state index in [2.05, 4.69) is 20.8 Å². The van der Waals surface area contributed by atoms with Gasteiger partial charge in [-0.2, -0.15) is 0 Å². The van der Waals surface area contributed by atoms with Crippen LogP contribution in [0.15, 0.2) is 0 Å². The fourth-order valence-electron chi connectivity index (χ4n) is 10.5. The lowest BCUT2D eigenvalue weighted by atomic mass is 9.40. The van der Waals surface area contributed by atoms with Crippen molar-refractivity contribution in [3.63, 3.8) is 0 Å². The summed E-state index contributed by atoms with van der Waals surface area (Å²) < 4.78 is 0. The first-order chi connectivity index (χ1) is 13.6. The molecular formula is C26H42O3. The van der Waals surface area contributed by atoms with Crippen molar-refractivity contribution in [1.29, 1.82) is 0 Å². The summed E-state index contributed by atoms with van der Waals surface area (Å²) in [7, 11) is 0. The van der Waals surface area contributed by atoms with E-state index in [1.165, 1.54) is 25.7 Å². The number of fused-ring (bicyclic) bond motifs is 7. The van der Waals surface area contributed by atoms with Crippen LogP contribution < -0.4 is 0 Å². The normalized spacial score (nSPS) is 59.2. The number of hydrogen-bond acceptors (Lipinski definition) is 3. The second kappa shape index (κ2) is 6.31. The van der Waals surface area contributed by atoms with Gasteiger partial charge in [0.15, 0.2) is 0 Å². The summed E-state index contributed by atoms with van der Waals surface area (Å²) in [4.78, 5) is 13.2. The lowest BCUT2D eigenvalue weighted by molar-refractivity contribution is -0.246. The van der Waals surface area contributed by atoms with Crippen molar-refractivity contribution in [2.75, 3.05) is 0 Å². The van der Waals surface area contributed by atoms with E-state index in [9.17, 15) is 15.0 Å². The molecular weight excluding hydrogens is 360 g/mol. The molecule has 0 aromatic rings. The summed E-state index contributed by atoms with van der Waals surface area (Å²) in [6.07, 6.45) is 11.5. The second-order valence-electron chi connectivity index (χ2n) is 12.4. The van der Waals surface area contributed by atoms with Crippen LogP contribution in [0.25, 0.3) is 0 Å². The van der Waals surface area contributed by atoms with Crippen molar-refractivity contribution in [3.05, 3.63) is 0 Å². The minimum Gasteiger partial charge on any atom is -0.393 e. The maximum Gasteiger partial charge on any atom is 0.136 e. The van der Waals surface area contributed by atoms with E-state index < -0.39 is 5.60 Å². The number of rotatable bonds is 1. The summed E-state index contributed by atoms with van der Waals surface area (Å²) >= 11 is 0. The predicted molar refractivity (Wildman–Crippen MR) is 114 cm³/mol. The monoisotopic (exact) mass is 402 g/mol. The molecule has 5 rings (SSSR count). The molecule has 3 nitrogen and oxygen atoms in total. The Morgan fingerprint density at radius 1 is 0.931 bits per heavy atom. The van der Waals surface area contributed by atoms with E-state index in [0.717, 1.165) is 38.5 Å². The summed E-state index contributed by atoms with van der Waals surface area (Å²) in [5.74, 6) is 3.08. The molecule has 0 unspecified atom stereocenters. The number of Topliss-reactive ketones (excluding diaryl/α,β-unsaturated/α-hetero) is 1. The number of carbonyl (C=O) groups is 1. The first-order valence-corrected chi connectivity index (χ1v) is 12.5. The number of ketones is 1. The summed E-state index contributed by atoms with van der Waals surface area (Å²) in [5.41, 5.74) is -0.761. The van der Waals surface area contributed by atoms with E-state index in [0.29, 0.717) is 35.9 Å². The molecule has 0 aliphatic heterocycles. The van der Waals surface area contributed by atoms with Crippen molar-refractivity contribution in [3.8, 4) is 0 Å². The molecule has 2 N–H and O–H groups in total. The van der Waals surface area contributed by atoms with Gasteiger partial charge in [0, 0.05) is 11.8 Å². The zero-order valence-corrected chi connectivity index (χ0v) is 19.0. The van der Waals surface area contributed by atoms with E-state index >= 15 is 0 Å². The SMILES string of the molecule is CC(=O)[C@]12CCCC[C@@H]1C[C@@H]1[C@H]3C[C@@H](C)[C@@]4(O)C[C@H](O)CC[C@]4(C)[C@@H]3CC[C@]12C. The molecule has 0 bridgehead atoms. The summed E-state index contributed by atoms with van der Waals surface area (Å²) in [5, 5.41) is 22.2. The van der Waals surface area contributed by atoms with Crippen LogP contribution in [0.5, 0.6) is 0 Å². The van der Waals surface area contributed by atoms with E-state index in [4.69, 9.17) is 0 Å². The highest BCUT2D eigenvalue weighted by Crippen LogP contribution is 2.75. The number of aliphatic hydroxyl groups is 2. The van der Waals surface area contributed by atoms with E-state index in [1.807, 2.05) is 6.92 Å². The molecule has 29 heavy (non-hydrogen) atoms. The molecule has 5 fully saturated rings. The average molecular weight is 403 g/mol. The highest BCUT2D eigenvalue weighted by Gasteiger charge is 2.71. The fourth-order valence-corrected chi connectivity index (χ4v) is 10.5. The highest BCUT2D eigenvalue weighted by atomic mass is 16.3. The van der Waals surface area contributed by atoms with Gasteiger partial charge in [-0.05, 0) is 98.7 Å². The van der Waals surface area contributed by atoms with Gasteiger partial charge in [-0.1, -0.05) is 33.6 Å². The molecule has 0 aromatic carbocycles.